The summed E-state index contributed by atoms with van der Waals surface area (Å²) >= 11 is 0. The number of sulfonamides is 1. The fourth-order valence-corrected chi connectivity index (χ4v) is 4.97. The van der Waals surface area contributed by atoms with Crippen molar-refractivity contribution >= 4 is 27.3 Å². The van der Waals surface area contributed by atoms with Crippen molar-refractivity contribution in [3.05, 3.63) is 71.0 Å². The summed E-state index contributed by atoms with van der Waals surface area (Å²) in [7, 11) is 2.50. The Morgan fingerprint density at radius 2 is 1.60 bits per heavy atom. The van der Waals surface area contributed by atoms with Gasteiger partial charge in [0.1, 0.15) is 4.90 Å². The number of amides is 1. The molecule has 3 aromatic rings. The van der Waals surface area contributed by atoms with E-state index in [4.69, 9.17) is 0 Å². The normalized spacial score (nSPS) is 12.2. The molecule has 1 heterocycles. The first-order valence-corrected chi connectivity index (χ1v) is 12.0. The van der Waals surface area contributed by atoms with Crippen molar-refractivity contribution in [2.24, 2.45) is 0 Å². The number of alkyl halides is 3. The molecule has 0 aliphatic carbocycles. The molecule has 0 aliphatic rings. The Kier molecular flexibility index (Phi) is 7.05. The number of halogens is 3. The number of aromatic nitrogens is 1. The van der Waals surface area contributed by atoms with Crippen molar-refractivity contribution in [1.82, 2.24) is 8.87 Å². The van der Waals surface area contributed by atoms with Gasteiger partial charge in [0, 0.05) is 45.3 Å². The summed E-state index contributed by atoms with van der Waals surface area (Å²) in [5, 5.41) is 2.73. The largest absolute Gasteiger partial charge is 0.418 e. The number of carbonyl (C=O) groups excluding carboxylic acids is 1. The van der Waals surface area contributed by atoms with E-state index < -0.39 is 27.7 Å². The van der Waals surface area contributed by atoms with Crippen molar-refractivity contribution < 1.29 is 26.4 Å². The molecule has 0 spiro atoms. The highest BCUT2D eigenvalue weighted by Crippen LogP contribution is 2.36. The minimum Gasteiger partial charge on any atom is -0.377 e. The van der Waals surface area contributed by atoms with Crippen LogP contribution in [0.1, 0.15) is 27.3 Å². The molecule has 2 aromatic carbocycles. The number of carbonyl (C=O) groups is 1. The average molecular weight is 509 g/mol. The molecule has 0 radical (unpaired) electrons. The maximum Gasteiger partial charge on any atom is 0.418 e. The molecule has 3 rings (SSSR count). The second-order valence-corrected chi connectivity index (χ2v) is 10.6. The van der Waals surface area contributed by atoms with Crippen LogP contribution >= 0.6 is 0 Å². The molecule has 7 nitrogen and oxygen atoms in total. The highest BCUT2D eigenvalue weighted by Gasteiger charge is 2.34. The minimum absolute atomic E-state index is 0.0674. The zero-order valence-corrected chi connectivity index (χ0v) is 21.0. The Bertz CT molecular complexity index is 1380. The number of hydrogen-bond acceptors (Lipinski definition) is 4. The lowest BCUT2D eigenvalue weighted by atomic mass is 10.1. The Morgan fingerprint density at radius 1 is 0.971 bits per heavy atom. The Hall–Kier alpha value is -3.31. The Balaban J connectivity index is 2.01. The van der Waals surface area contributed by atoms with Crippen LogP contribution in [0.25, 0.3) is 5.69 Å². The van der Waals surface area contributed by atoms with Gasteiger partial charge in [-0.2, -0.15) is 13.2 Å². The van der Waals surface area contributed by atoms with Crippen LogP contribution in [0, 0.1) is 13.8 Å². The summed E-state index contributed by atoms with van der Waals surface area (Å²) in [6, 6.07) is 11.1. The van der Waals surface area contributed by atoms with E-state index in [1.54, 1.807) is 32.8 Å². The smallest absolute Gasteiger partial charge is 0.377 e. The van der Waals surface area contributed by atoms with Gasteiger partial charge in [0.2, 0.25) is 10.0 Å². The molecule has 11 heteroatoms. The average Bonchev–Trinajstić information content (AvgIpc) is 3.06. The fourth-order valence-electron chi connectivity index (χ4n) is 3.83. The van der Waals surface area contributed by atoms with E-state index in [1.165, 1.54) is 61.1 Å². The van der Waals surface area contributed by atoms with Gasteiger partial charge in [-0.25, -0.2) is 12.7 Å². The minimum atomic E-state index is -4.56. The third-order valence-corrected chi connectivity index (χ3v) is 7.45. The van der Waals surface area contributed by atoms with E-state index in [9.17, 15) is 26.4 Å². The molecule has 0 saturated heterocycles. The number of anilines is 2. The molecule has 1 aromatic heterocycles. The summed E-state index contributed by atoms with van der Waals surface area (Å²) in [5.41, 5.74) is 0.861. The molecule has 0 fully saturated rings. The fraction of sp³-hybridized carbons (Fsp3) is 0.292. The number of nitrogens with zero attached hydrogens (tertiary/aromatic N) is 3. The van der Waals surface area contributed by atoms with E-state index in [0.717, 1.165) is 10.4 Å². The highest BCUT2D eigenvalue weighted by atomic mass is 32.2. The first-order valence-electron chi connectivity index (χ1n) is 10.6. The zero-order valence-electron chi connectivity index (χ0n) is 20.2. The van der Waals surface area contributed by atoms with Gasteiger partial charge in [0.15, 0.2) is 0 Å². The van der Waals surface area contributed by atoms with Crippen LogP contribution in [-0.4, -0.2) is 51.4 Å². The number of hydrogen-bond donors (Lipinski definition) is 1. The third kappa shape index (κ3) is 5.06. The molecule has 0 saturated carbocycles. The molecule has 0 aliphatic heterocycles. The lowest BCUT2D eigenvalue weighted by Crippen LogP contribution is -2.25. The van der Waals surface area contributed by atoms with Crippen LogP contribution in [0.4, 0.5) is 24.5 Å². The van der Waals surface area contributed by atoms with Crippen LogP contribution < -0.4 is 10.2 Å². The van der Waals surface area contributed by atoms with Crippen LogP contribution in [0.2, 0.25) is 0 Å². The van der Waals surface area contributed by atoms with Crippen molar-refractivity contribution in [2.75, 3.05) is 38.4 Å². The lowest BCUT2D eigenvalue weighted by Gasteiger charge is -2.21. The van der Waals surface area contributed by atoms with Crippen LogP contribution in [0.3, 0.4) is 0 Å². The second kappa shape index (κ2) is 9.38. The van der Waals surface area contributed by atoms with Gasteiger partial charge in [0.25, 0.3) is 5.91 Å². The van der Waals surface area contributed by atoms with Gasteiger partial charge < -0.3 is 14.8 Å². The predicted octanol–water partition coefficient (Wildman–Crippen LogP) is 4.68. The van der Waals surface area contributed by atoms with E-state index in [1.807, 2.05) is 0 Å². The third-order valence-electron chi connectivity index (χ3n) is 5.58. The molecule has 1 N–H and O–H groups in total. The molecule has 0 atom stereocenters. The molecule has 1 amide bonds. The van der Waals surface area contributed by atoms with E-state index in [0.29, 0.717) is 22.8 Å². The Morgan fingerprint density at radius 3 is 2.17 bits per heavy atom. The number of nitrogens with one attached hydrogen (secondary N) is 1. The van der Waals surface area contributed by atoms with Crippen LogP contribution in [0.15, 0.2) is 53.4 Å². The molecule has 35 heavy (non-hydrogen) atoms. The maximum atomic E-state index is 13.6. The quantitative estimate of drug-likeness (QED) is 0.525. The molecule has 0 bridgehead atoms. The SMILES string of the molecule is Cc1cc(C(=O)Nc2ccc(S(=O)(=O)N(C)C)c(N(C)C)c2)c(C)n1-c1ccccc1C(F)(F)F. The van der Waals surface area contributed by atoms with Gasteiger partial charge in [-0.15, -0.1) is 0 Å². The van der Waals surface area contributed by atoms with Gasteiger partial charge in [-0.1, -0.05) is 12.1 Å². The van der Waals surface area contributed by atoms with Crippen molar-refractivity contribution in [1.29, 1.82) is 0 Å². The van der Waals surface area contributed by atoms with Crippen LogP contribution in [0.5, 0.6) is 0 Å². The first kappa shape index (κ1) is 26.3. The van der Waals surface area contributed by atoms with E-state index in [-0.39, 0.29) is 16.1 Å². The first-order chi connectivity index (χ1) is 16.2. The monoisotopic (exact) mass is 508 g/mol. The predicted molar refractivity (Wildman–Crippen MR) is 130 cm³/mol. The number of benzene rings is 2. The lowest BCUT2D eigenvalue weighted by molar-refractivity contribution is -0.137. The molecule has 0 unspecified atom stereocenters. The standard InChI is InChI=1S/C24H27F3N4O3S/c1-15-13-18(16(2)31(15)20-10-8-7-9-19(20)24(25,26)27)23(32)28-17-11-12-22(21(14-17)29(3)4)35(33,34)30(5)6/h7-14H,1-6H3,(H,28,32). The van der Waals surface area contributed by atoms with Gasteiger partial charge in [0.05, 0.1) is 22.5 Å². The van der Waals surface area contributed by atoms with Crippen LogP contribution in [-0.2, 0) is 16.2 Å². The van der Waals surface area contributed by atoms with Crippen molar-refractivity contribution in [2.45, 2.75) is 24.9 Å². The molecule has 188 valence electrons. The number of para-hydroxylation sites is 1. The summed E-state index contributed by atoms with van der Waals surface area (Å²) in [5.74, 6) is -0.526. The van der Waals surface area contributed by atoms with E-state index in [2.05, 4.69) is 5.32 Å². The summed E-state index contributed by atoms with van der Waals surface area (Å²) in [6.45, 7) is 3.20. The van der Waals surface area contributed by atoms with Gasteiger partial charge >= 0.3 is 6.18 Å². The highest BCUT2D eigenvalue weighted by molar-refractivity contribution is 7.89. The summed E-state index contributed by atoms with van der Waals surface area (Å²) in [4.78, 5) is 14.8. The topological polar surface area (TPSA) is 74.7 Å². The number of rotatable bonds is 6. The molecular weight excluding hydrogens is 481 g/mol. The van der Waals surface area contributed by atoms with Crippen molar-refractivity contribution in [3.63, 3.8) is 0 Å². The van der Waals surface area contributed by atoms with Gasteiger partial charge in [-0.3, -0.25) is 4.79 Å². The van der Waals surface area contributed by atoms with Gasteiger partial charge in [-0.05, 0) is 50.2 Å². The number of aryl methyl sites for hydroxylation is 1. The maximum absolute atomic E-state index is 13.6. The zero-order chi connectivity index (χ0) is 26.3. The van der Waals surface area contributed by atoms with E-state index >= 15 is 0 Å². The Labute approximate surface area is 202 Å². The van der Waals surface area contributed by atoms with Crippen molar-refractivity contribution in [3.8, 4) is 5.69 Å². The summed E-state index contributed by atoms with van der Waals surface area (Å²) < 4.78 is 68.5. The summed E-state index contributed by atoms with van der Waals surface area (Å²) in [6.07, 6.45) is -4.56. The second-order valence-electron chi connectivity index (χ2n) is 8.45. The molecular formula is C24H27F3N4O3S.